The zero-order chi connectivity index (χ0) is 39.1. The molecule has 1 saturated heterocycles. The molecule has 2 amide bonds. The number of hydrogen-bond acceptors (Lipinski definition) is 6. The number of unbranched alkanes of at least 4 members (excludes halogenated alkanes) is 10. The van der Waals surface area contributed by atoms with E-state index < -0.39 is 6.29 Å². The molecule has 56 heavy (non-hydrogen) atoms. The summed E-state index contributed by atoms with van der Waals surface area (Å²) < 4.78 is 13.6. The van der Waals surface area contributed by atoms with E-state index in [0.29, 0.717) is 11.1 Å². The zero-order valence-corrected chi connectivity index (χ0v) is 33.7. The minimum atomic E-state index is -0.538. The molecule has 7 heteroatoms. The number of hydrogen-bond donors (Lipinski definition) is 1. The van der Waals surface area contributed by atoms with Gasteiger partial charge in [-0.3, -0.25) is 14.5 Å². The smallest absolute Gasteiger partial charge is 0.261 e. The first kappa shape index (κ1) is 41.5. The van der Waals surface area contributed by atoms with Crippen LogP contribution in [0.4, 0.5) is 0 Å². The SMILES string of the molecule is CCCCCCCCN(CCCCCCCC)C[C@H]1C[C@@H](c2ccc(CO)cc2)O[C@@H](c2ccc(-c3ccccc3CN3C(=O)c4ccccc4C3=O)cc2)O1. The summed E-state index contributed by atoms with van der Waals surface area (Å²) in [6.45, 7) is 7.82. The topological polar surface area (TPSA) is 79.3 Å². The molecule has 0 radical (unpaired) electrons. The molecular formula is C49H62N2O5. The second kappa shape index (κ2) is 21.4. The molecule has 2 heterocycles. The molecule has 0 aliphatic carbocycles. The van der Waals surface area contributed by atoms with Crippen molar-refractivity contribution in [2.24, 2.45) is 0 Å². The molecule has 3 atom stereocenters. The molecule has 0 saturated carbocycles. The van der Waals surface area contributed by atoms with Crippen LogP contribution in [0.1, 0.15) is 153 Å². The monoisotopic (exact) mass is 758 g/mol. The summed E-state index contributed by atoms with van der Waals surface area (Å²) in [6.07, 6.45) is 15.5. The first-order valence-corrected chi connectivity index (χ1v) is 21.4. The van der Waals surface area contributed by atoms with Gasteiger partial charge in [-0.1, -0.05) is 163 Å². The molecule has 0 aromatic heterocycles. The van der Waals surface area contributed by atoms with Gasteiger partial charge in [0.25, 0.3) is 11.8 Å². The Kier molecular flexibility index (Phi) is 15.9. The van der Waals surface area contributed by atoms with E-state index in [9.17, 15) is 14.7 Å². The predicted molar refractivity (Wildman–Crippen MR) is 224 cm³/mol. The van der Waals surface area contributed by atoms with Crippen molar-refractivity contribution >= 4 is 11.8 Å². The van der Waals surface area contributed by atoms with Gasteiger partial charge in [-0.25, -0.2) is 0 Å². The normalized spacial score (nSPS) is 18.2. The van der Waals surface area contributed by atoms with E-state index in [0.717, 1.165) is 59.4 Å². The summed E-state index contributed by atoms with van der Waals surface area (Å²) in [6, 6.07) is 31.4. The number of aliphatic hydroxyl groups excluding tert-OH is 1. The number of aliphatic hydroxyl groups is 1. The third kappa shape index (κ3) is 11.0. The lowest BCUT2D eigenvalue weighted by atomic mass is 9.97. The van der Waals surface area contributed by atoms with Crippen molar-refractivity contribution in [2.75, 3.05) is 19.6 Å². The molecule has 1 N–H and O–H groups in total. The van der Waals surface area contributed by atoms with E-state index in [1.54, 1.807) is 24.3 Å². The van der Waals surface area contributed by atoms with Crippen LogP contribution < -0.4 is 0 Å². The molecule has 2 aliphatic heterocycles. The van der Waals surface area contributed by atoms with Crippen molar-refractivity contribution in [3.05, 3.63) is 130 Å². The summed E-state index contributed by atoms with van der Waals surface area (Å²) in [5, 5.41) is 9.70. The number of carbonyl (C=O) groups is 2. The van der Waals surface area contributed by atoms with Gasteiger partial charge in [0.1, 0.15) is 0 Å². The first-order valence-electron chi connectivity index (χ1n) is 21.4. The van der Waals surface area contributed by atoms with Crippen LogP contribution in [-0.4, -0.2) is 52.5 Å². The number of nitrogens with zero attached hydrogens (tertiary/aromatic N) is 2. The van der Waals surface area contributed by atoms with Gasteiger partial charge in [-0.05, 0) is 65.9 Å². The fraction of sp³-hybridized carbons (Fsp3) is 0.469. The molecular weight excluding hydrogens is 697 g/mol. The van der Waals surface area contributed by atoms with Gasteiger partial charge >= 0.3 is 0 Å². The van der Waals surface area contributed by atoms with Crippen LogP contribution in [0.2, 0.25) is 0 Å². The number of imide groups is 1. The van der Waals surface area contributed by atoms with Crippen LogP contribution in [0.25, 0.3) is 11.1 Å². The van der Waals surface area contributed by atoms with E-state index in [4.69, 9.17) is 9.47 Å². The molecule has 298 valence electrons. The Morgan fingerprint density at radius 2 is 1.16 bits per heavy atom. The highest BCUT2D eigenvalue weighted by molar-refractivity contribution is 6.21. The third-order valence-electron chi connectivity index (χ3n) is 11.5. The zero-order valence-electron chi connectivity index (χ0n) is 33.7. The fourth-order valence-electron chi connectivity index (χ4n) is 8.16. The van der Waals surface area contributed by atoms with Gasteiger partial charge < -0.3 is 19.5 Å². The molecule has 1 fully saturated rings. The van der Waals surface area contributed by atoms with Gasteiger partial charge in [0.05, 0.1) is 36.5 Å². The Bertz CT molecular complexity index is 1770. The van der Waals surface area contributed by atoms with Crippen LogP contribution in [-0.2, 0) is 22.6 Å². The highest BCUT2D eigenvalue weighted by atomic mass is 16.7. The van der Waals surface area contributed by atoms with Gasteiger partial charge in [0.2, 0.25) is 0 Å². The summed E-state index contributed by atoms with van der Waals surface area (Å²) in [7, 11) is 0. The van der Waals surface area contributed by atoms with Crippen molar-refractivity contribution in [1.29, 1.82) is 0 Å². The number of fused-ring (bicyclic) bond motifs is 1. The molecule has 0 unspecified atom stereocenters. The molecule has 4 aromatic rings. The Hall–Kier alpha value is -4.14. The van der Waals surface area contributed by atoms with Crippen molar-refractivity contribution < 1.29 is 24.2 Å². The molecule has 0 bridgehead atoms. The van der Waals surface area contributed by atoms with Gasteiger partial charge in [-0.2, -0.15) is 0 Å². The maximum atomic E-state index is 13.2. The maximum absolute atomic E-state index is 13.2. The van der Waals surface area contributed by atoms with E-state index >= 15 is 0 Å². The number of rotatable bonds is 22. The molecule has 2 aliphatic rings. The minimum Gasteiger partial charge on any atom is -0.392 e. The van der Waals surface area contributed by atoms with Gasteiger partial charge in [0, 0.05) is 18.5 Å². The van der Waals surface area contributed by atoms with E-state index in [1.165, 1.54) is 81.9 Å². The first-order chi connectivity index (χ1) is 27.5. The van der Waals surface area contributed by atoms with Crippen molar-refractivity contribution in [3.8, 4) is 11.1 Å². The highest BCUT2D eigenvalue weighted by Gasteiger charge is 2.36. The number of carbonyl (C=O) groups excluding carboxylic acids is 2. The second-order valence-electron chi connectivity index (χ2n) is 15.7. The van der Waals surface area contributed by atoms with E-state index in [-0.39, 0.29) is 37.2 Å². The lowest BCUT2D eigenvalue weighted by Crippen LogP contribution is -2.40. The van der Waals surface area contributed by atoms with Crippen LogP contribution in [0.15, 0.2) is 97.1 Å². The van der Waals surface area contributed by atoms with Crippen molar-refractivity contribution in [2.45, 2.75) is 129 Å². The Morgan fingerprint density at radius 3 is 1.75 bits per heavy atom. The lowest BCUT2D eigenvalue weighted by Gasteiger charge is -2.38. The third-order valence-corrected chi connectivity index (χ3v) is 11.5. The highest BCUT2D eigenvalue weighted by Crippen LogP contribution is 2.39. The summed E-state index contributed by atoms with van der Waals surface area (Å²) in [4.78, 5) is 30.4. The van der Waals surface area contributed by atoms with Crippen molar-refractivity contribution in [3.63, 3.8) is 0 Å². The molecule has 0 spiro atoms. The quantitative estimate of drug-likeness (QED) is 0.0635. The van der Waals surface area contributed by atoms with Crippen LogP contribution in [0.3, 0.4) is 0 Å². The largest absolute Gasteiger partial charge is 0.392 e. The summed E-state index contributed by atoms with van der Waals surface area (Å²) in [5.74, 6) is -0.509. The van der Waals surface area contributed by atoms with E-state index in [1.807, 2.05) is 36.4 Å². The average Bonchev–Trinajstić information content (AvgIpc) is 3.48. The Labute approximate surface area is 335 Å². The van der Waals surface area contributed by atoms with Crippen LogP contribution >= 0.6 is 0 Å². The summed E-state index contributed by atoms with van der Waals surface area (Å²) >= 11 is 0. The number of benzene rings is 4. The summed E-state index contributed by atoms with van der Waals surface area (Å²) in [5.41, 5.74) is 6.72. The van der Waals surface area contributed by atoms with Crippen LogP contribution in [0.5, 0.6) is 0 Å². The van der Waals surface area contributed by atoms with E-state index in [2.05, 4.69) is 55.1 Å². The predicted octanol–water partition coefficient (Wildman–Crippen LogP) is 11.2. The number of ether oxygens (including phenoxy) is 2. The van der Waals surface area contributed by atoms with Gasteiger partial charge in [-0.15, -0.1) is 0 Å². The molecule has 4 aromatic carbocycles. The second-order valence-corrected chi connectivity index (χ2v) is 15.7. The van der Waals surface area contributed by atoms with Crippen LogP contribution in [0, 0.1) is 0 Å². The van der Waals surface area contributed by atoms with Gasteiger partial charge in [0.15, 0.2) is 6.29 Å². The fourth-order valence-corrected chi connectivity index (χ4v) is 8.16. The van der Waals surface area contributed by atoms with Crippen molar-refractivity contribution in [1.82, 2.24) is 9.80 Å². The maximum Gasteiger partial charge on any atom is 0.261 e. The number of amides is 2. The Balaban J connectivity index is 1.18. The Morgan fingerprint density at radius 1 is 0.625 bits per heavy atom. The molecule has 6 rings (SSSR count). The standard InChI is InChI=1S/C49H62N2O5/c1-3-5-7-9-11-17-31-50(32-18-12-10-8-6-4-2)35-42-33-46(39-25-23-37(36-52)24-26-39)56-49(55-42)40-29-27-38(28-30-40)43-20-14-13-19-41(43)34-51-47(53)44-21-15-16-22-45(44)48(51)54/h13-16,19-30,42,46,49,52H,3-12,17-18,31-36H2,1-2H3/t42-,46+,49+/m1/s1. The average molecular weight is 759 g/mol. The lowest BCUT2D eigenvalue weighted by molar-refractivity contribution is -0.253. The molecule has 7 nitrogen and oxygen atoms in total. The minimum absolute atomic E-state index is 0.00323.